The van der Waals surface area contributed by atoms with Gasteiger partial charge in [0.2, 0.25) is 0 Å². The molecular formula is C20H13F6NO3. The zero-order valence-electron chi connectivity index (χ0n) is 14.9. The maximum absolute atomic E-state index is 12.4. The minimum Gasteiger partial charge on any atom is -0.508 e. The number of aromatic hydroxyl groups is 1. The van der Waals surface area contributed by atoms with Gasteiger partial charge in [-0.2, -0.15) is 0 Å². The second-order valence-electron chi connectivity index (χ2n) is 5.94. The first-order valence-electron chi connectivity index (χ1n) is 8.31. The van der Waals surface area contributed by atoms with E-state index in [1.807, 2.05) is 0 Å². The van der Waals surface area contributed by atoms with E-state index >= 15 is 0 Å². The minimum atomic E-state index is -4.84. The summed E-state index contributed by atoms with van der Waals surface area (Å²) in [5.74, 6) is -0.863. The molecule has 10 heteroatoms. The average Bonchev–Trinajstić information content (AvgIpc) is 2.64. The van der Waals surface area contributed by atoms with Gasteiger partial charge in [0.1, 0.15) is 17.2 Å². The molecule has 3 rings (SSSR count). The molecule has 158 valence electrons. The standard InChI is InChI=1S/C20H13F6NO3/c21-19(22,23)29-17-9-3-14(4-10-17)27(13-1-7-16(28)8-2-13)15-5-11-18(12-6-15)30-20(24,25)26/h1-12,28H. The highest BCUT2D eigenvalue weighted by Gasteiger charge is 2.32. The smallest absolute Gasteiger partial charge is 0.508 e. The zero-order chi connectivity index (χ0) is 21.9. The summed E-state index contributed by atoms with van der Waals surface area (Å²) in [7, 11) is 0. The van der Waals surface area contributed by atoms with E-state index in [1.54, 1.807) is 4.90 Å². The molecule has 0 fully saturated rings. The highest BCUT2D eigenvalue weighted by atomic mass is 19.4. The molecule has 0 heterocycles. The molecule has 4 nitrogen and oxygen atoms in total. The molecule has 0 saturated carbocycles. The van der Waals surface area contributed by atoms with Gasteiger partial charge in [-0.3, -0.25) is 0 Å². The van der Waals surface area contributed by atoms with Gasteiger partial charge in [-0.15, -0.1) is 26.3 Å². The predicted octanol–water partition coefficient (Wildman–Crippen LogP) is 6.66. The van der Waals surface area contributed by atoms with Crippen LogP contribution in [0.15, 0.2) is 72.8 Å². The van der Waals surface area contributed by atoms with Gasteiger partial charge < -0.3 is 19.5 Å². The van der Waals surface area contributed by atoms with Gasteiger partial charge in [-0.25, -0.2) is 0 Å². The molecule has 0 amide bonds. The van der Waals surface area contributed by atoms with Gasteiger partial charge >= 0.3 is 12.7 Å². The molecule has 0 aliphatic carbocycles. The number of benzene rings is 3. The van der Waals surface area contributed by atoms with Crippen molar-refractivity contribution < 1.29 is 40.9 Å². The van der Waals surface area contributed by atoms with Crippen molar-refractivity contribution in [3.05, 3.63) is 72.8 Å². The molecule has 0 aliphatic heterocycles. The molecular weight excluding hydrogens is 416 g/mol. The lowest BCUT2D eigenvalue weighted by Gasteiger charge is -2.26. The largest absolute Gasteiger partial charge is 0.573 e. The van der Waals surface area contributed by atoms with Crippen LogP contribution in [-0.2, 0) is 0 Å². The van der Waals surface area contributed by atoms with Crippen LogP contribution in [0.25, 0.3) is 0 Å². The number of hydrogen-bond acceptors (Lipinski definition) is 4. The maximum atomic E-state index is 12.4. The fourth-order valence-electron chi connectivity index (χ4n) is 2.64. The lowest BCUT2D eigenvalue weighted by atomic mass is 10.2. The van der Waals surface area contributed by atoms with Crippen molar-refractivity contribution in [1.82, 2.24) is 0 Å². The van der Waals surface area contributed by atoms with Crippen LogP contribution < -0.4 is 14.4 Å². The van der Waals surface area contributed by atoms with Crippen LogP contribution in [0, 0.1) is 0 Å². The fourth-order valence-corrected chi connectivity index (χ4v) is 2.64. The SMILES string of the molecule is Oc1ccc(N(c2ccc(OC(F)(F)F)cc2)c2ccc(OC(F)(F)F)cc2)cc1. The molecule has 0 aliphatic rings. The Morgan fingerprint density at radius 1 is 0.533 bits per heavy atom. The van der Waals surface area contributed by atoms with E-state index < -0.39 is 24.2 Å². The minimum absolute atomic E-state index is 0.0125. The Labute approximate surface area is 166 Å². The number of alkyl halides is 6. The van der Waals surface area contributed by atoms with E-state index in [0.717, 1.165) is 24.3 Å². The van der Waals surface area contributed by atoms with Crippen LogP contribution in [0.5, 0.6) is 17.2 Å². The van der Waals surface area contributed by atoms with Crippen molar-refractivity contribution in [2.75, 3.05) is 4.90 Å². The number of nitrogens with zero attached hydrogens (tertiary/aromatic N) is 1. The van der Waals surface area contributed by atoms with Gasteiger partial charge in [-0.1, -0.05) is 0 Å². The quantitative estimate of drug-likeness (QED) is 0.461. The van der Waals surface area contributed by atoms with Crippen molar-refractivity contribution in [3.63, 3.8) is 0 Å². The second kappa shape index (κ2) is 8.05. The van der Waals surface area contributed by atoms with Gasteiger partial charge in [0, 0.05) is 17.1 Å². The Morgan fingerprint density at radius 3 is 1.13 bits per heavy atom. The lowest BCUT2D eigenvalue weighted by Crippen LogP contribution is -2.17. The summed E-state index contributed by atoms with van der Waals surface area (Å²) < 4.78 is 82.0. The molecule has 0 atom stereocenters. The first-order valence-corrected chi connectivity index (χ1v) is 8.31. The Bertz CT molecular complexity index is 908. The van der Waals surface area contributed by atoms with Gasteiger partial charge in [-0.05, 0) is 72.8 Å². The first kappa shape index (κ1) is 21.2. The molecule has 1 N–H and O–H groups in total. The fraction of sp³-hybridized carbons (Fsp3) is 0.100. The van der Waals surface area contributed by atoms with E-state index in [0.29, 0.717) is 17.1 Å². The highest BCUT2D eigenvalue weighted by molar-refractivity contribution is 5.77. The predicted molar refractivity (Wildman–Crippen MR) is 96.2 cm³/mol. The van der Waals surface area contributed by atoms with Crippen molar-refractivity contribution in [2.24, 2.45) is 0 Å². The summed E-state index contributed by atoms with van der Waals surface area (Å²) in [6.07, 6.45) is -9.68. The Hall–Kier alpha value is -3.56. The topological polar surface area (TPSA) is 41.9 Å². The summed E-state index contributed by atoms with van der Waals surface area (Å²) in [4.78, 5) is 1.56. The summed E-state index contributed by atoms with van der Waals surface area (Å²) >= 11 is 0. The van der Waals surface area contributed by atoms with Crippen LogP contribution in [-0.4, -0.2) is 17.8 Å². The van der Waals surface area contributed by atoms with E-state index in [2.05, 4.69) is 9.47 Å². The molecule has 3 aromatic carbocycles. The Kier molecular flexibility index (Phi) is 5.68. The zero-order valence-corrected chi connectivity index (χ0v) is 14.9. The Balaban J connectivity index is 1.96. The number of halogens is 6. The molecule has 3 aromatic rings. The van der Waals surface area contributed by atoms with Gasteiger partial charge in [0.25, 0.3) is 0 Å². The molecule has 0 spiro atoms. The number of rotatable bonds is 5. The van der Waals surface area contributed by atoms with Crippen molar-refractivity contribution in [2.45, 2.75) is 12.7 Å². The summed E-state index contributed by atoms with van der Waals surface area (Å²) in [5.41, 5.74) is 1.31. The van der Waals surface area contributed by atoms with E-state index in [9.17, 15) is 31.4 Å². The highest BCUT2D eigenvalue weighted by Crippen LogP contribution is 2.37. The number of phenolic OH excluding ortho intramolecular Hbond substituents is 1. The third-order valence-corrected chi connectivity index (χ3v) is 3.76. The van der Waals surface area contributed by atoms with E-state index in [4.69, 9.17) is 0 Å². The van der Waals surface area contributed by atoms with Gasteiger partial charge in [0.15, 0.2) is 0 Å². The summed E-state index contributed by atoms with van der Waals surface area (Å²) in [5, 5.41) is 9.50. The molecule has 0 radical (unpaired) electrons. The van der Waals surface area contributed by atoms with Crippen molar-refractivity contribution >= 4 is 17.1 Å². The maximum Gasteiger partial charge on any atom is 0.573 e. The number of anilines is 3. The van der Waals surface area contributed by atoms with Crippen molar-refractivity contribution in [1.29, 1.82) is 0 Å². The monoisotopic (exact) mass is 429 g/mol. The first-order chi connectivity index (χ1) is 14.0. The second-order valence-corrected chi connectivity index (χ2v) is 5.94. The van der Waals surface area contributed by atoms with Crippen LogP contribution in [0.2, 0.25) is 0 Å². The van der Waals surface area contributed by atoms with E-state index in [-0.39, 0.29) is 5.75 Å². The molecule has 0 saturated heterocycles. The summed E-state index contributed by atoms with van der Waals surface area (Å²) in [6.45, 7) is 0. The average molecular weight is 429 g/mol. The Morgan fingerprint density at radius 2 is 0.833 bits per heavy atom. The van der Waals surface area contributed by atoms with Crippen molar-refractivity contribution in [3.8, 4) is 17.2 Å². The normalized spacial score (nSPS) is 11.8. The molecule has 0 unspecified atom stereocenters. The van der Waals surface area contributed by atoms with Crippen LogP contribution in [0.4, 0.5) is 43.4 Å². The number of hydrogen-bond donors (Lipinski definition) is 1. The third-order valence-electron chi connectivity index (χ3n) is 3.76. The van der Waals surface area contributed by atoms with Crippen LogP contribution in [0.3, 0.4) is 0 Å². The lowest BCUT2D eigenvalue weighted by molar-refractivity contribution is -0.275. The molecule has 0 aromatic heterocycles. The summed E-state index contributed by atoms with van der Waals surface area (Å²) in [6, 6.07) is 15.7. The van der Waals surface area contributed by atoms with Crippen LogP contribution in [0.1, 0.15) is 0 Å². The number of ether oxygens (including phenoxy) is 2. The van der Waals surface area contributed by atoms with Crippen LogP contribution >= 0.6 is 0 Å². The van der Waals surface area contributed by atoms with E-state index in [1.165, 1.54) is 48.5 Å². The molecule has 30 heavy (non-hydrogen) atoms. The third kappa shape index (κ3) is 5.72. The van der Waals surface area contributed by atoms with Gasteiger partial charge in [0.05, 0.1) is 0 Å². The molecule has 0 bridgehead atoms. The number of phenols is 1.